The van der Waals surface area contributed by atoms with Crippen LogP contribution in [0.1, 0.15) is 6.92 Å². The van der Waals surface area contributed by atoms with Gasteiger partial charge in [0.15, 0.2) is 11.2 Å². The highest BCUT2D eigenvalue weighted by Crippen LogP contribution is 2.12. The summed E-state index contributed by atoms with van der Waals surface area (Å²) >= 11 is 0. The molecule has 0 amide bonds. The maximum Gasteiger partial charge on any atom is 0.332 e. The first kappa shape index (κ1) is 20.4. The normalized spacial score (nSPS) is 13.1. The predicted molar refractivity (Wildman–Crippen MR) is 88.3 cm³/mol. The van der Waals surface area contributed by atoms with Gasteiger partial charge in [-0.1, -0.05) is 6.92 Å². The van der Waals surface area contributed by atoms with Gasteiger partial charge < -0.3 is 26.6 Å². The van der Waals surface area contributed by atoms with Crippen LogP contribution in [0, 0.1) is 5.92 Å². The number of likely N-dealkylation sites (N-methyl/N-ethyl adjacent to an activating group) is 1. The molecule has 2 heterocycles. The molecule has 0 spiro atoms. The first-order valence-corrected chi connectivity index (χ1v) is 7.71. The number of quaternary nitrogens is 1. The molecule has 0 aliphatic carbocycles. The van der Waals surface area contributed by atoms with Gasteiger partial charge in [-0.15, -0.1) is 0 Å². The first-order chi connectivity index (χ1) is 10.7. The van der Waals surface area contributed by atoms with E-state index in [0.29, 0.717) is 28.7 Å². The quantitative estimate of drug-likeness (QED) is 0.535. The zero-order valence-corrected chi connectivity index (χ0v) is 15.6. The summed E-state index contributed by atoms with van der Waals surface area (Å²) in [5, 5.41) is 9.13. The third kappa shape index (κ3) is 3.88. The summed E-state index contributed by atoms with van der Waals surface area (Å²) in [5.74, 6) is 0.288. The third-order valence-corrected chi connectivity index (χ3v) is 4.24. The number of nitrogens with zero attached hydrogens (tertiary/aromatic N) is 5. The van der Waals surface area contributed by atoms with Crippen LogP contribution in [0.15, 0.2) is 15.9 Å². The van der Waals surface area contributed by atoms with Gasteiger partial charge in [-0.3, -0.25) is 13.9 Å². The van der Waals surface area contributed by atoms with E-state index in [9.17, 15) is 9.59 Å². The molecule has 1 atom stereocenters. The molecule has 0 aliphatic heterocycles. The van der Waals surface area contributed by atoms with E-state index in [2.05, 4.69) is 26.0 Å². The molecule has 0 fully saturated rings. The largest absolute Gasteiger partial charge is 1.00 e. The summed E-state index contributed by atoms with van der Waals surface area (Å²) in [6, 6.07) is 0. The molecule has 9 heteroatoms. The summed E-state index contributed by atoms with van der Waals surface area (Å²) < 4.78 is 5.03. The molecule has 8 nitrogen and oxygen atoms in total. The number of imidazole rings is 1. The molecule has 0 aromatic carbocycles. The van der Waals surface area contributed by atoms with Crippen molar-refractivity contribution in [3.8, 4) is 0 Å². The molecule has 0 aliphatic rings. The zero-order valence-electron chi connectivity index (χ0n) is 14.9. The standard InChI is InChI=1S/C15H26N5O3.ClH/c1-11(9-20(4,5)6-7-21)8-19-10-16-13-12(19)14(22)18(3)15(23)17(13)2;/h10-11,21H,6-9H2,1-5H3;1H/q+1;/p-1. The van der Waals surface area contributed by atoms with Crippen LogP contribution >= 0.6 is 0 Å². The number of aromatic nitrogens is 4. The number of halogens is 1. The van der Waals surface area contributed by atoms with E-state index in [4.69, 9.17) is 5.11 Å². The number of aliphatic hydroxyl groups excluding tert-OH is 1. The Morgan fingerprint density at radius 1 is 1.25 bits per heavy atom. The Balaban J connectivity index is 0.00000288. The van der Waals surface area contributed by atoms with Crippen LogP contribution in [0.25, 0.3) is 11.2 Å². The second kappa shape index (κ2) is 7.50. The number of fused-ring (bicyclic) bond motifs is 1. The van der Waals surface area contributed by atoms with Crippen LogP contribution in [0.2, 0.25) is 0 Å². The van der Waals surface area contributed by atoms with Gasteiger partial charge in [0.05, 0.1) is 33.6 Å². The molecular formula is C15H26ClN5O3. The minimum absolute atomic E-state index is 0. The van der Waals surface area contributed by atoms with Crippen molar-refractivity contribution in [3.05, 3.63) is 27.2 Å². The number of aryl methyl sites for hydroxylation is 1. The second-order valence-corrected chi connectivity index (χ2v) is 6.95. The fourth-order valence-electron chi connectivity index (χ4n) is 3.13. The zero-order chi connectivity index (χ0) is 17.4. The minimum Gasteiger partial charge on any atom is -1.00 e. The maximum absolute atomic E-state index is 12.4. The average Bonchev–Trinajstić information content (AvgIpc) is 2.85. The molecule has 0 radical (unpaired) electrons. The molecule has 0 saturated heterocycles. The molecule has 2 aromatic heterocycles. The Kier molecular flexibility index (Phi) is 6.38. The van der Waals surface area contributed by atoms with Crippen LogP contribution in [0.3, 0.4) is 0 Å². The van der Waals surface area contributed by atoms with Crippen molar-refractivity contribution in [1.82, 2.24) is 18.7 Å². The van der Waals surface area contributed by atoms with Crippen LogP contribution < -0.4 is 23.7 Å². The Morgan fingerprint density at radius 3 is 2.46 bits per heavy atom. The van der Waals surface area contributed by atoms with E-state index in [-0.39, 0.29) is 36.2 Å². The fourth-order valence-corrected chi connectivity index (χ4v) is 3.13. The minimum atomic E-state index is -0.374. The highest BCUT2D eigenvalue weighted by molar-refractivity contribution is 5.69. The van der Waals surface area contributed by atoms with Crippen molar-refractivity contribution in [2.24, 2.45) is 20.0 Å². The van der Waals surface area contributed by atoms with Crippen molar-refractivity contribution in [3.63, 3.8) is 0 Å². The van der Waals surface area contributed by atoms with Gasteiger partial charge in [0.25, 0.3) is 5.56 Å². The van der Waals surface area contributed by atoms with E-state index in [1.807, 2.05) is 4.57 Å². The lowest BCUT2D eigenvalue weighted by atomic mass is 10.1. The van der Waals surface area contributed by atoms with Crippen LogP contribution in [-0.2, 0) is 20.6 Å². The monoisotopic (exact) mass is 359 g/mol. The van der Waals surface area contributed by atoms with E-state index in [1.54, 1.807) is 13.4 Å². The van der Waals surface area contributed by atoms with Crippen LogP contribution in [0.5, 0.6) is 0 Å². The second-order valence-electron chi connectivity index (χ2n) is 6.95. The molecule has 136 valence electrons. The predicted octanol–water partition coefficient (Wildman–Crippen LogP) is -3.86. The topological polar surface area (TPSA) is 82.0 Å². The lowest BCUT2D eigenvalue weighted by Gasteiger charge is -2.31. The summed E-state index contributed by atoms with van der Waals surface area (Å²) in [7, 11) is 7.24. The average molecular weight is 360 g/mol. The lowest BCUT2D eigenvalue weighted by molar-refractivity contribution is -0.893. The SMILES string of the molecule is CC(Cn1cnc2c1c(=O)n(C)c(=O)n2C)C[N+](C)(C)CCO.[Cl-]. The van der Waals surface area contributed by atoms with Gasteiger partial charge in [-0.2, -0.15) is 0 Å². The molecule has 0 bridgehead atoms. The molecule has 24 heavy (non-hydrogen) atoms. The summed E-state index contributed by atoms with van der Waals surface area (Å²) in [6.07, 6.45) is 1.62. The lowest BCUT2D eigenvalue weighted by Crippen LogP contribution is -3.00. The Labute approximate surface area is 147 Å². The van der Waals surface area contributed by atoms with Crippen molar-refractivity contribution in [2.75, 3.05) is 33.8 Å². The Morgan fingerprint density at radius 2 is 1.88 bits per heavy atom. The number of hydrogen-bond acceptors (Lipinski definition) is 4. The van der Waals surface area contributed by atoms with Gasteiger partial charge in [0, 0.05) is 26.6 Å². The van der Waals surface area contributed by atoms with E-state index in [1.165, 1.54) is 11.6 Å². The Hall–Kier alpha value is -1.64. The van der Waals surface area contributed by atoms with Crippen LogP contribution in [0.4, 0.5) is 0 Å². The molecular weight excluding hydrogens is 334 g/mol. The molecule has 2 rings (SSSR count). The van der Waals surface area contributed by atoms with Gasteiger partial charge >= 0.3 is 5.69 Å². The number of hydrogen-bond donors (Lipinski definition) is 1. The highest BCUT2D eigenvalue weighted by Gasteiger charge is 2.21. The summed E-state index contributed by atoms with van der Waals surface area (Å²) in [5.41, 5.74) is 0.168. The summed E-state index contributed by atoms with van der Waals surface area (Å²) in [6.45, 7) is 4.45. The Bertz CT molecular complexity index is 821. The molecule has 1 N–H and O–H groups in total. The molecule has 0 saturated carbocycles. The van der Waals surface area contributed by atoms with Crippen molar-refractivity contribution in [1.29, 1.82) is 0 Å². The van der Waals surface area contributed by atoms with Gasteiger partial charge in [0.1, 0.15) is 6.54 Å². The van der Waals surface area contributed by atoms with Crippen LogP contribution in [-0.4, -0.2) is 62.1 Å². The number of rotatable bonds is 6. The van der Waals surface area contributed by atoms with Gasteiger partial charge in [0.2, 0.25) is 0 Å². The molecule has 1 unspecified atom stereocenters. The van der Waals surface area contributed by atoms with Gasteiger partial charge in [-0.25, -0.2) is 9.78 Å². The highest BCUT2D eigenvalue weighted by atomic mass is 35.5. The van der Waals surface area contributed by atoms with Crippen molar-refractivity contribution >= 4 is 11.2 Å². The maximum atomic E-state index is 12.4. The first-order valence-electron chi connectivity index (χ1n) is 7.71. The smallest absolute Gasteiger partial charge is 0.332 e. The van der Waals surface area contributed by atoms with E-state index >= 15 is 0 Å². The van der Waals surface area contributed by atoms with E-state index in [0.717, 1.165) is 11.1 Å². The van der Waals surface area contributed by atoms with Crippen molar-refractivity contribution < 1.29 is 22.0 Å². The number of aliphatic hydroxyl groups is 1. The summed E-state index contributed by atoms with van der Waals surface area (Å²) in [4.78, 5) is 28.6. The van der Waals surface area contributed by atoms with Crippen molar-refractivity contribution in [2.45, 2.75) is 13.5 Å². The van der Waals surface area contributed by atoms with Gasteiger partial charge in [-0.05, 0) is 0 Å². The fraction of sp³-hybridized carbons (Fsp3) is 0.667. The van der Waals surface area contributed by atoms with E-state index < -0.39 is 0 Å². The molecule has 2 aromatic rings. The third-order valence-electron chi connectivity index (χ3n) is 4.24.